The summed E-state index contributed by atoms with van der Waals surface area (Å²) in [4.78, 5) is 14.4. The van der Waals surface area contributed by atoms with Gasteiger partial charge in [0.05, 0.1) is 13.8 Å². The van der Waals surface area contributed by atoms with Gasteiger partial charge in [-0.05, 0) is 86.0 Å². The van der Waals surface area contributed by atoms with Crippen molar-refractivity contribution in [2.24, 2.45) is 0 Å². The van der Waals surface area contributed by atoms with Gasteiger partial charge in [0.2, 0.25) is 0 Å². The van der Waals surface area contributed by atoms with Gasteiger partial charge in [-0.25, -0.2) is 0 Å². The molecule has 4 rings (SSSR count). The Morgan fingerprint density at radius 2 is 1.72 bits per heavy atom. The number of allylic oxidation sites excluding steroid dienone is 1. The molecule has 0 N–H and O–H groups in total. The van der Waals surface area contributed by atoms with E-state index in [9.17, 15) is 4.79 Å². The molecule has 0 fully saturated rings. The van der Waals surface area contributed by atoms with Gasteiger partial charge in [-0.3, -0.25) is 4.79 Å². The van der Waals surface area contributed by atoms with E-state index in [0.29, 0.717) is 22.1 Å². The van der Waals surface area contributed by atoms with Crippen LogP contribution in [0.2, 0.25) is 0 Å². The minimum atomic E-state index is -0.0359. The van der Waals surface area contributed by atoms with Crippen molar-refractivity contribution in [1.82, 2.24) is 0 Å². The van der Waals surface area contributed by atoms with Gasteiger partial charge in [-0.1, -0.05) is 46.3 Å². The minimum absolute atomic E-state index is 0.0359. The van der Waals surface area contributed by atoms with Crippen molar-refractivity contribution in [2.75, 3.05) is 0 Å². The third-order valence-corrected chi connectivity index (χ3v) is 7.26. The first-order valence-electron chi connectivity index (χ1n) is 9.69. The van der Waals surface area contributed by atoms with Crippen molar-refractivity contribution in [3.05, 3.63) is 113 Å². The molecule has 32 heavy (non-hydrogen) atoms. The number of hydrogen-bond acceptors (Lipinski definition) is 4. The van der Waals surface area contributed by atoms with Crippen LogP contribution in [0, 0.1) is 0 Å². The fourth-order valence-corrected chi connectivity index (χ4v) is 6.46. The van der Waals surface area contributed by atoms with Crippen LogP contribution in [-0.4, -0.2) is 5.78 Å². The number of ketones is 1. The molecule has 0 atom stereocenters. The van der Waals surface area contributed by atoms with Crippen LogP contribution in [0.5, 0.6) is 5.75 Å². The molecule has 7 heteroatoms. The molecule has 0 spiro atoms. The number of carbonyl (C=O) groups is 1. The fraction of sp³-hybridized carbons (Fsp3) is 0.0800. The molecule has 162 valence electrons. The van der Waals surface area contributed by atoms with E-state index in [-0.39, 0.29) is 12.4 Å². The van der Waals surface area contributed by atoms with E-state index in [2.05, 4.69) is 59.9 Å². The zero-order valence-corrected chi connectivity index (χ0v) is 22.3. The monoisotopic (exact) mass is 634 g/mol. The van der Waals surface area contributed by atoms with Crippen molar-refractivity contribution in [3.8, 4) is 5.75 Å². The largest absolute Gasteiger partial charge is 0.483 e. The number of halogens is 3. The van der Waals surface area contributed by atoms with E-state index in [1.807, 2.05) is 54.6 Å². The number of benzene rings is 2. The molecule has 0 aliphatic rings. The number of thiophene rings is 1. The number of ether oxygens (including phenoxy) is 1. The summed E-state index contributed by atoms with van der Waals surface area (Å²) in [6, 6.07) is 21.6. The Morgan fingerprint density at radius 1 is 0.969 bits per heavy atom. The molecule has 0 radical (unpaired) electrons. The molecule has 0 bridgehead atoms. The van der Waals surface area contributed by atoms with Crippen LogP contribution in [0.4, 0.5) is 0 Å². The average molecular weight is 637 g/mol. The van der Waals surface area contributed by atoms with Gasteiger partial charge in [0, 0.05) is 15.8 Å². The summed E-state index contributed by atoms with van der Waals surface area (Å²) in [5.41, 5.74) is 1.23. The van der Waals surface area contributed by atoms with Crippen molar-refractivity contribution < 1.29 is 13.9 Å². The molecule has 0 amide bonds. The Balaban J connectivity index is 1.35. The van der Waals surface area contributed by atoms with Gasteiger partial charge in [-0.15, -0.1) is 11.3 Å². The SMILES string of the molecule is O=C(/C=C/c1ccc(COc2c(Br)cc(Br)cc2Br)o1)c1ccc(Cc2ccccc2)s1. The molecule has 2 aromatic carbocycles. The van der Waals surface area contributed by atoms with Gasteiger partial charge in [0.15, 0.2) is 5.78 Å². The Hall–Kier alpha value is -1.93. The zero-order valence-electron chi connectivity index (χ0n) is 16.7. The Kier molecular flexibility index (Phi) is 7.84. The minimum Gasteiger partial charge on any atom is -0.483 e. The van der Waals surface area contributed by atoms with E-state index in [0.717, 1.165) is 24.7 Å². The summed E-state index contributed by atoms with van der Waals surface area (Å²) in [6.45, 7) is 0.272. The van der Waals surface area contributed by atoms with E-state index < -0.39 is 0 Å². The first-order valence-corrected chi connectivity index (χ1v) is 12.9. The molecule has 0 unspecified atom stereocenters. The van der Waals surface area contributed by atoms with E-state index >= 15 is 0 Å². The highest BCUT2D eigenvalue weighted by Crippen LogP contribution is 2.37. The van der Waals surface area contributed by atoms with Crippen LogP contribution < -0.4 is 4.74 Å². The third-order valence-electron chi connectivity index (χ3n) is 4.53. The maximum atomic E-state index is 12.5. The van der Waals surface area contributed by atoms with E-state index in [1.54, 1.807) is 12.2 Å². The lowest BCUT2D eigenvalue weighted by Gasteiger charge is -2.09. The maximum Gasteiger partial charge on any atom is 0.195 e. The lowest BCUT2D eigenvalue weighted by atomic mass is 10.1. The van der Waals surface area contributed by atoms with Gasteiger partial charge >= 0.3 is 0 Å². The molecule has 0 saturated heterocycles. The highest BCUT2D eigenvalue weighted by molar-refractivity contribution is 9.11. The lowest BCUT2D eigenvalue weighted by Crippen LogP contribution is -1.95. The molecule has 0 aliphatic heterocycles. The van der Waals surface area contributed by atoms with Gasteiger partial charge in [-0.2, -0.15) is 0 Å². The molecule has 0 aliphatic carbocycles. The number of hydrogen-bond donors (Lipinski definition) is 0. The van der Waals surface area contributed by atoms with Gasteiger partial charge in [0.25, 0.3) is 0 Å². The third kappa shape index (κ3) is 6.10. The second kappa shape index (κ2) is 10.8. The van der Waals surface area contributed by atoms with Crippen LogP contribution in [0.3, 0.4) is 0 Å². The molecule has 3 nitrogen and oxygen atoms in total. The topological polar surface area (TPSA) is 39.4 Å². The molecule has 2 aromatic heterocycles. The van der Waals surface area contributed by atoms with E-state index in [4.69, 9.17) is 9.15 Å². The number of rotatable bonds is 8. The fourth-order valence-electron chi connectivity index (χ4n) is 3.01. The summed E-state index contributed by atoms with van der Waals surface area (Å²) >= 11 is 12.0. The highest BCUT2D eigenvalue weighted by Gasteiger charge is 2.11. The molecule has 4 aromatic rings. The number of carbonyl (C=O) groups excluding carboxylic acids is 1. The summed E-state index contributed by atoms with van der Waals surface area (Å²) in [5.74, 6) is 1.93. The van der Waals surface area contributed by atoms with Crippen molar-refractivity contribution in [1.29, 1.82) is 0 Å². The van der Waals surface area contributed by atoms with Gasteiger partial charge < -0.3 is 9.15 Å². The maximum absolute atomic E-state index is 12.5. The first kappa shape index (κ1) is 23.2. The summed E-state index contributed by atoms with van der Waals surface area (Å²) in [5, 5.41) is 0. The normalized spacial score (nSPS) is 11.2. The van der Waals surface area contributed by atoms with Crippen LogP contribution >= 0.6 is 59.1 Å². The number of furan rings is 1. The quantitative estimate of drug-likeness (QED) is 0.143. The van der Waals surface area contributed by atoms with Crippen LogP contribution in [0.1, 0.15) is 31.6 Å². The predicted octanol–water partition coefficient (Wildman–Crippen LogP) is 8.69. The molecular formula is C25H17Br3O3S. The zero-order chi connectivity index (χ0) is 22.5. The van der Waals surface area contributed by atoms with Gasteiger partial charge in [0.1, 0.15) is 23.9 Å². The lowest BCUT2D eigenvalue weighted by molar-refractivity contribution is 0.105. The second-order valence-corrected chi connectivity index (χ2v) is 10.7. The second-order valence-electron chi connectivity index (χ2n) is 6.92. The van der Waals surface area contributed by atoms with Crippen molar-refractivity contribution >= 4 is 71.0 Å². The first-order chi connectivity index (χ1) is 15.5. The van der Waals surface area contributed by atoms with Crippen LogP contribution in [0.15, 0.2) is 90.6 Å². The summed E-state index contributed by atoms with van der Waals surface area (Å²) in [6.07, 6.45) is 4.06. The molecule has 0 saturated carbocycles. The van der Waals surface area contributed by atoms with Crippen LogP contribution in [-0.2, 0) is 13.0 Å². The Morgan fingerprint density at radius 3 is 2.47 bits per heavy atom. The van der Waals surface area contributed by atoms with E-state index in [1.165, 1.54) is 16.9 Å². The molecular weight excluding hydrogens is 620 g/mol. The highest BCUT2D eigenvalue weighted by atomic mass is 79.9. The summed E-state index contributed by atoms with van der Waals surface area (Å²) < 4.78 is 14.3. The average Bonchev–Trinajstić information content (AvgIpc) is 3.42. The van der Waals surface area contributed by atoms with Crippen LogP contribution in [0.25, 0.3) is 6.08 Å². The Bertz CT molecular complexity index is 1240. The molecule has 2 heterocycles. The summed E-state index contributed by atoms with van der Waals surface area (Å²) in [7, 11) is 0. The predicted molar refractivity (Wildman–Crippen MR) is 140 cm³/mol. The van der Waals surface area contributed by atoms with Crippen molar-refractivity contribution in [3.63, 3.8) is 0 Å². The standard InChI is InChI=1S/C25H17Br3O3S/c26-17-13-21(27)25(22(28)14-17)30-15-19-7-6-18(31-19)8-10-23(29)24-11-9-20(32-24)12-16-4-2-1-3-5-16/h1-11,13-14H,12,15H2/b10-8+. The van der Waals surface area contributed by atoms with Crippen molar-refractivity contribution in [2.45, 2.75) is 13.0 Å². The smallest absolute Gasteiger partial charge is 0.195 e. The Labute approximate surface area is 215 Å².